The van der Waals surface area contributed by atoms with Gasteiger partial charge in [0.15, 0.2) is 17.5 Å². The van der Waals surface area contributed by atoms with Gasteiger partial charge >= 0.3 is 0 Å². The number of aliphatic hydroxyl groups is 1. The number of primary amides is 2. The number of fused-ring (bicyclic) bond motifs is 3. The molecule has 3 aromatic heterocycles. The highest BCUT2D eigenvalue weighted by Crippen LogP contribution is 2.30. The van der Waals surface area contributed by atoms with E-state index in [-0.39, 0.29) is 89.6 Å². The van der Waals surface area contributed by atoms with Crippen molar-refractivity contribution >= 4 is 140 Å². The van der Waals surface area contributed by atoms with Crippen LogP contribution in [-0.4, -0.2) is 295 Å². The number of guanidine groups is 1. The number of H-pyrrole nitrogens is 3. The van der Waals surface area contributed by atoms with Crippen LogP contribution in [0.3, 0.4) is 0 Å². The number of allylic oxidation sites excluding steroid dienone is 2. The van der Waals surface area contributed by atoms with E-state index in [1.807, 2.05) is 24.3 Å². The van der Waals surface area contributed by atoms with Gasteiger partial charge in [-0.15, -0.1) is 24.9 Å². The van der Waals surface area contributed by atoms with Gasteiger partial charge in [-0.3, -0.25) is 86.9 Å². The number of nitrogens with one attached hydrogen (secondary N) is 13. The van der Waals surface area contributed by atoms with Crippen molar-refractivity contribution in [1.82, 2.24) is 92.3 Å². The van der Waals surface area contributed by atoms with Crippen molar-refractivity contribution in [2.24, 2.45) is 35.0 Å². The van der Waals surface area contributed by atoms with Gasteiger partial charge in [-0.25, -0.2) is 4.98 Å². The summed E-state index contributed by atoms with van der Waals surface area (Å²) in [6.45, 7) is 10.2. The number of imidazole rings is 1. The first-order valence-corrected chi connectivity index (χ1v) is 48.0. The molecule has 748 valence electrons. The minimum Gasteiger partial charge on any atom is -0.394 e. The lowest BCUT2D eigenvalue weighted by Crippen LogP contribution is -2.60. The van der Waals surface area contributed by atoms with Gasteiger partial charge in [-0.1, -0.05) is 118 Å². The van der Waals surface area contributed by atoms with Crippen LogP contribution in [0.4, 0.5) is 0 Å². The van der Waals surface area contributed by atoms with Crippen LogP contribution < -0.4 is 65.1 Å². The summed E-state index contributed by atoms with van der Waals surface area (Å²) < 4.78 is 0. The SMILES string of the molecule is C=CCCCCC[C@H]1C(=O)N(C)[C@@H](CCCCCC=C)C(=O)N[C@@H](CCCNC(=N)N)C(=O)N[C@H](C(=O)NCC(N)=O)CSCC(=O)N[C@@H](Cc2ccccc2)C(=O)N(C)[C@@H](C)C(=O)N[C@@H](CC(N)=O)C(=O)N2CCC[C@H]2C(=O)N[C@@H](Cc2cnc[nH]2)C(=O)N[C@@H](CC(C)C)C(=O)N(C)CC(=O)C[C@@H](Cc2c[nH]c3ccccc23)C(=O)N[C@@H](CO)C(=O)C[C@@H](Cc2c[nH]c3ccccc23)C(=O)N1C. The van der Waals surface area contributed by atoms with Crippen LogP contribution in [0, 0.1) is 23.2 Å². The lowest BCUT2D eigenvalue weighted by molar-refractivity contribution is -0.150. The standard InChI is InChI=1S/C97H136N22O18S/c1-10-12-14-16-21-36-78-90(131)109-71(35-27-39-103-97(100)101)88(129)114-77(87(128)106-52-83(99)124)55-138-56-84(125)108-74(42-60-29-19-18-20-30-60)94(135)116(7)59(5)85(126)111-75(48-82(98)123)95(136)119-40-28-38-79(119)91(132)110-72(47-65-51-102-57-107-65)89(130)112-73(41-58(3)4)93(134)115(6)53-66(121)45-61(43-63-49-104-69-33-25-23-31-67(63)69)86(127)113-76(54-120)81(122)46-62(44-64-50-105-70-34-26-24-32-68(64)70)92(133)118(9)80(96(137)117(78)8)37-22-17-15-13-11-2/h10-11,18-20,23-26,29-34,49-51,57-59,61-62,71-80,104-105,120H,1-2,12-17,21-22,27-28,35-48,52-56H2,3-9H3,(H2,98,123)(H2,99,124)(H,102,107)(H,106,128)(H,108,125)(H,109,131)(H,110,132)(H,111,126)(H,112,130)(H,113,127)(H,114,129)(H4,100,101,103)/t59-,61+,62+,71-,72-,73-,74-,75-,76-,77-,78-,79-,80-/m0/s1. The number of aliphatic hydroxyl groups excluding tert-OH is 1. The fourth-order valence-corrected chi connectivity index (χ4v) is 18.0. The summed E-state index contributed by atoms with van der Waals surface area (Å²) in [6, 6.07) is 6.46. The second kappa shape index (κ2) is 55.0. The molecular weight excluding hydrogens is 1790 g/mol. The second-order valence-electron chi connectivity index (χ2n) is 35.8. The molecule has 0 bridgehead atoms. The topological polar surface area (TPSA) is 597 Å². The number of aromatic nitrogens is 4. The second-order valence-corrected chi connectivity index (χ2v) is 36.9. The Morgan fingerprint density at radius 2 is 1.15 bits per heavy atom. The minimum absolute atomic E-state index is 0.00202. The molecule has 13 atom stereocenters. The highest BCUT2D eigenvalue weighted by molar-refractivity contribution is 8.00. The van der Waals surface area contributed by atoms with Crippen LogP contribution in [0.2, 0.25) is 0 Å². The minimum atomic E-state index is -1.74. The van der Waals surface area contributed by atoms with E-state index in [4.69, 9.17) is 22.6 Å². The highest BCUT2D eigenvalue weighted by atomic mass is 32.2. The Morgan fingerprint density at radius 1 is 0.565 bits per heavy atom. The van der Waals surface area contributed by atoms with Crippen molar-refractivity contribution in [2.45, 2.75) is 228 Å². The molecule has 3 aromatic carbocycles. The average molecular weight is 1930 g/mol. The molecule has 5 heterocycles. The number of Topliss-reactive ketones (excluding diaryl/α,β-unsaturated/α-hetero) is 2. The molecule has 20 N–H and O–H groups in total. The fourth-order valence-electron chi connectivity index (χ4n) is 17.1. The zero-order valence-corrected chi connectivity index (χ0v) is 80.5. The predicted molar refractivity (Wildman–Crippen MR) is 520 cm³/mol. The molecule has 2 fully saturated rings. The Labute approximate surface area is 807 Å². The molecule has 0 saturated carbocycles. The number of nitrogens with zero attached hydrogens (tertiary/aromatic N) is 6. The third kappa shape index (κ3) is 33.1. The van der Waals surface area contributed by atoms with Gasteiger partial charge in [0.1, 0.15) is 66.5 Å². The van der Waals surface area contributed by atoms with Gasteiger partial charge in [-0.2, -0.15) is 0 Å². The molecule has 2 saturated heterocycles. The smallest absolute Gasteiger partial charge is 0.246 e. The highest BCUT2D eigenvalue weighted by Gasteiger charge is 2.44. The van der Waals surface area contributed by atoms with Gasteiger partial charge in [0.2, 0.25) is 88.6 Å². The van der Waals surface area contributed by atoms with Crippen molar-refractivity contribution in [2.75, 3.05) is 72.5 Å². The Kier molecular flexibility index (Phi) is 43.7. The number of aromatic amines is 3. The van der Waals surface area contributed by atoms with Gasteiger partial charge < -0.3 is 110 Å². The van der Waals surface area contributed by atoms with E-state index in [0.717, 1.165) is 26.5 Å². The number of rotatable bonds is 32. The first-order valence-electron chi connectivity index (χ1n) is 46.9. The van der Waals surface area contributed by atoms with Crippen molar-refractivity contribution in [3.05, 3.63) is 151 Å². The average Bonchev–Trinajstić information content (AvgIpc) is 1.56. The van der Waals surface area contributed by atoms with E-state index >= 15 is 28.8 Å². The van der Waals surface area contributed by atoms with E-state index in [2.05, 4.69) is 80.9 Å². The van der Waals surface area contributed by atoms with Gasteiger partial charge in [0.25, 0.3) is 0 Å². The molecule has 0 aliphatic carbocycles. The zero-order chi connectivity index (χ0) is 101. The Balaban J connectivity index is 1.21. The number of amides is 15. The monoisotopic (exact) mass is 1930 g/mol. The summed E-state index contributed by atoms with van der Waals surface area (Å²) in [5.41, 5.74) is 20.4. The first kappa shape index (κ1) is 110. The van der Waals surface area contributed by atoms with Gasteiger partial charge in [0.05, 0.1) is 38.2 Å². The van der Waals surface area contributed by atoms with Gasteiger partial charge in [0, 0.05) is 131 Å². The Morgan fingerprint density at radius 3 is 1.75 bits per heavy atom. The van der Waals surface area contributed by atoms with Crippen molar-refractivity contribution in [3.63, 3.8) is 0 Å². The third-order valence-electron chi connectivity index (χ3n) is 24.8. The Bertz CT molecular complexity index is 5240. The molecular formula is C97H136N22O18S. The number of unbranched alkanes of at least 4 members (excludes halogenated alkanes) is 6. The lowest BCUT2D eigenvalue weighted by Gasteiger charge is -2.36. The van der Waals surface area contributed by atoms with Crippen LogP contribution in [-0.2, 0) is 107 Å². The summed E-state index contributed by atoms with van der Waals surface area (Å²) in [6.07, 6.45) is 11.3. The van der Waals surface area contributed by atoms with E-state index in [1.54, 1.807) is 93.0 Å². The number of carbonyl (C=O) groups is 17. The molecule has 15 amide bonds. The summed E-state index contributed by atoms with van der Waals surface area (Å²) in [7, 11) is 5.40. The van der Waals surface area contributed by atoms with Crippen LogP contribution in [0.15, 0.2) is 129 Å². The van der Waals surface area contributed by atoms with Crippen LogP contribution in [0.1, 0.15) is 159 Å². The van der Waals surface area contributed by atoms with Crippen molar-refractivity contribution in [1.29, 1.82) is 5.41 Å². The first-order chi connectivity index (χ1) is 65.9. The number of likely N-dealkylation sites (N-methyl/N-ethyl adjacent to an activating group) is 4. The van der Waals surface area contributed by atoms with Crippen molar-refractivity contribution in [3.8, 4) is 0 Å². The summed E-state index contributed by atoms with van der Waals surface area (Å²) in [4.78, 5) is 270. The normalized spacial score (nSPS) is 23.1. The number of carbonyl (C=O) groups excluding carboxylic acids is 17. The molecule has 0 unspecified atom stereocenters. The summed E-state index contributed by atoms with van der Waals surface area (Å²) in [5, 5.41) is 44.6. The maximum Gasteiger partial charge on any atom is 0.246 e. The molecule has 2 aliphatic heterocycles. The van der Waals surface area contributed by atoms with E-state index < -0.39 is 235 Å². The van der Waals surface area contributed by atoms with E-state index in [9.17, 15) is 57.8 Å². The summed E-state index contributed by atoms with van der Waals surface area (Å²) >= 11 is 0.800. The summed E-state index contributed by atoms with van der Waals surface area (Å²) in [5.74, 6) is -18.8. The van der Waals surface area contributed by atoms with Gasteiger partial charge in [-0.05, 0) is 125 Å². The fraction of sp³-hybridized carbons (Fsp3) is 0.515. The molecule has 40 nitrogen and oxygen atoms in total. The molecule has 138 heavy (non-hydrogen) atoms. The molecule has 0 radical (unpaired) electrons. The number of nitrogens with two attached hydrogens (primary N) is 3. The molecule has 41 heteroatoms. The number of para-hydroxylation sites is 2. The molecule has 0 spiro atoms. The Hall–Kier alpha value is -13.6. The van der Waals surface area contributed by atoms with Crippen LogP contribution in [0.5, 0.6) is 0 Å². The maximum absolute atomic E-state index is 16.0. The number of thioether (sulfide) groups is 1. The third-order valence-corrected chi connectivity index (χ3v) is 25.8. The van der Waals surface area contributed by atoms with E-state index in [0.29, 0.717) is 95.6 Å². The molecule has 8 rings (SSSR count). The predicted octanol–water partition coefficient (Wildman–Crippen LogP) is 1.94. The largest absolute Gasteiger partial charge is 0.394 e. The number of hydrogen-bond donors (Lipinski definition) is 17. The lowest BCUT2D eigenvalue weighted by atomic mass is 9.89. The number of ketones is 2. The van der Waals surface area contributed by atoms with Crippen molar-refractivity contribution < 1.29 is 86.6 Å². The van der Waals surface area contributed by atoms with Crippen LogP contribution in [0.25, 0.3) is 21.8 Å². The molecule has 2 aliphatic rings. The van der Waals surface area contributed by atoms with Crippen LogP contribution >= 0.6 is 11.8 Å². The number of benzene rings is 3. The number of hydrogen-bond acceptors (Lipinski definition) is 21. The molecule has 6 aromatic rings. The maximum atomic E-state index is 16.0. The van der Waals surface area contributed by atoms with E-state index in [1.165, 1.54) is 57.4 Å². The zero-order valence-electron chi connectivity index (χ0n) is 79.7. The quantitative estimate of drug-likeness (QED) is 0.0124.